The van der Waals surface area contributed by atoms with Crippen molar-refractivity contribution in [3.8, 4) is 0 Å². The van der Waals surface area contributed by atoms with Crippen LogP contribution in [0.5, 0.6) is 0 Å². The van der Waals surface area contributed by atoms with E-state index in [0.717, 1.165) is 24.5 Å². The number of aliphatic carboxylic acids is 2. The van der Waals surface area contributed by atoms with E-state index in [1.165, 1.54) is 12.4 Å². The monoisotopic (exact) mass is 816 g/mol. The summed E-state index contributed by atoms with van der Waals surface area (Å²) in [6, 6.07) is 0. The summed E-state index contributed by atoms with van der Waals surface area (Å²) in [5.41, 5.74) is 11.7. The van der Waals surface area contributed by atoms with E-state index in [4.69, 9.17) is 34.7 Å². The highest BCUT2D eigenvalue weighted by atomic mass is 79.9. The Morgan fingerprint density at radius 2 is 1.15 bits per heavy atom. The van der Waals surface area contributed by atoms with Crippen LogP contribution in [0.3, 0.4) is 0 Å². The fraction of sp³-hybridized carbons (Fsp3) is 0.548. The zero-order valence-electron chi connectivity index (χ0n) is 25.8. The number of carboxylic acids is 2. The summed E-state index contributed by atoms with van der Waals surface area (Å²) >= 11 is 19.4. The van der Waals surface area contributed by atoms with Gasteiger partial charge in [0, 0.05) is 11.8 Å². The Kier molecular flexibility index (Phi) is 10.8. The Hall–Kier alpha value is -2.68. The van der Waals surface area contributed by atoms with E-state index in [0.29, 0.717) is 67.9 Å². The normalized spacial score (nSPS) is 24.1. The lowest BCUT2D eigenvalue weighted by molar-refractivity contribution is -0.152. The Balaban J connectivity index is 0.000000208. The fourth-order valence-electron chi connectivity index (χ4n) is 7.25. The summed E-state index contributed by atoms with van der Waals surface area (Å²) in [7, 11) is 0. The second kappa shape index (κ2) is 13.7. The highest BCUT2D eigenvalue weighted by Crippen LogP contribution is 2.53. The zero-order chi connectivity index (χ0) is 33.9. The number of nitrogens with zero attached hydrogens (tertiary/aromatic N) is 6. The average Bonchev–Trinajstić information content (AvgIpc) is 3.77. The van der Waals surface area contributed by atoms with Gasteiger partial charge in [-0.15, -0.1) is 0 Å². The predicted octanol–water partition coefficient (Wildman–Crippen LogP) is 8.08. The molecule has 0 unspecified atom stereocenters. The standard InChI is InChI=1S/2C15H18BrClN4O2.CH4/c2*1-7(2)15(14(22)23)4-3-8(5-15)13-20-11(16)10-12(18)19-6-9(17)21(10)13;/h2*6-8H,3-5H2,1-2H3,(H2,18,19)(H,22,23);1H4/t2*8-,15-;/m10./s1. The molecule has 0 spiro atoms. The second-order valence-corrected chi connectivity index (χ2v) is 15.2. The largest absolute Gasteiger partial charge is 0.481 e. The summed E-state index contributed by atoms with van der Waals surface area (Å²) in [4.78, 5) is 40.9. The van der Waals surface area contributed by atoms with Gasteiger partial charge in [-0.3, -0.25) is 18.4 Å². The number of rotatable bonds is 6. The SMILES string of the molecule is C.CC(C)[C@@]1(C(=O)O)CC[C@@H](c2nc(Br)c3c(N)ncc(Cl)n23)C1.CC(C)[C@]1(C(=O)O)CC[C@H](c2nc(Br)c3c(N)ncc(Cl)n23)C1. The predicted molar refractivity (Wildman–Crippen MR) is 190 cm³/mol. The van der Waals surface area contributed by atoms with E-state index >= 15 is 0 Å². The number of nitrogen functional groups attached to an aromatic ring is 2. The third kappa shape index (κ3) is 6.19. The van der Waals surface area contributed by atoms with E-state index in [1.807, 2.05) is 27.7 Å². The van der Waals surface area contributed by atoms with Gasteiger partial charge >= 0.3 is 11.9 Å². The molecule has 6 N–H and O–H groups in total. The molecule has 6 rings (SSSR count). The van der Waals surface area contributed by atoms with Gasteiger partial charge in [-0.1, -0.05) is 58.3 Å². The number of fused-ring (bicyclic) bond motifs is 2. The van der Waals surface area contributed by atoms with Crippen molar-refractivity contribution in [2.45, 2.75) is 85.5 Å². The molecule has 12 nitrogen and oxygen atoms in total. The van der Waals surface area contributed by atoms with Gasteiger partial charge in [0.2, 0.25) is 0 Å². The second-order valence-electron chi connectivity index (χ2n) is 12.9. The van der Waals surface area contributed by atoms with E-state index in [2.05, 4.69) is 51.8 Å². The van der Waals surface area contributed by atoms with Crippen LogP contribution < -0.4 is 11.5 Å². The van der Waals surface area contributed by atoms with Gasteiger partial charge in [-0.05, 0) is 82.2 Å². The first-order valence-electron chi connectivity index (χ1n) is 15.0. The molecule has 4 aromatic rings. The van der Waals surface area contributed by atoms with Crippen molar-refractivity contribution in [3.05, 3.63) is 43.6 Å². The van der Waals surface area contributed by atoms with Gasteiger partial charge in [-0.2, -0.15) is 0 Å². The molecule has 0 aromatic carbocycles. The van der Waals surface area contributed by atoms with Crippen LogP contribution in [-0.2, 0) is 9.59 Å². The van der Waals surface area contributed by atoms with Crippen LogP contribution in [0, 0.1) is 22.7 Å². The molecule has 0 aliphatic heterocycles. The van der Waals surface area contributed by atoms with Gasteiger partial charge in [0.1, 0.15) is 42.2 Å². The van der Waals surface area contributed by atoms with Gasteiger partial charge in [0.05, 0.1) is 23.2 Å². The van der Waals surface area contributed by atoms with E-state index in [1.54, 1.807) is 8.80 Å². The molecule has 2 aliphatic carbocycles. The maximum Gasteiger partial charge on any atom is 0.309 e. The van der Waals surface area contributed by atoms with Crippen LogP contribution in [0.1, 0.15) is 97.1 Å². The smallest absolute Gasteiger partial charge is 0.309 e. The first-order valence-corrected chi connectivity index (χ1v) is 17.3. The third-order valence-corrected chi connectivity index (χ3v) is 11.8. The summed E-state index contributed by atoms with van der Waals surface area (Å²) in [5, 5.41) is 20.3. The van der Waals surface area contributed by atoms with Crippen molar-refractivity contribution < 1.29 is 19.8 Å². The van der Waals surface area contributed by atoms with Crippen LogP contribution >= 0.6 is 55.1 Å². The molecule has 0 amide bonds. The molecule has 4 atom stereocenters. The minimum absolute atomic E-state index is 0. The molecule has 256 valence electrons. The van der Waals surface area contributed by atoms with Gasteiger partial charge in [0.25, 0.3) is 0 Å². The van der Waals surface area contributed by atoms with Crippen molar-refractivity contribution in [2.24, 2.45) is 22.7 Å². The lowest BCUT2D eigenvalue weighted by Gasteiger charge is -2.28. The molecular weight excluding hydrogens is 779 g/mol. The molecule has 47 heavy (non-hydrogen) atoms. The number of carboxylic acid groups (broad SMARTS) is 2. The molecule has 2 fully saturated rings. The molecule has 2 saturated carbocycles. The molecule has 0 bridgehead atoms. The maximum atomic E-state index is 11.8. The summed E-state index contributed by atoms with van der Waals surface area (Å²) in [6.45, 7) is 7.85. The number of anilines is 2. The topological polar surface area (TPSA) is 187 Å². The Morgan fingerprint density at radius 1 is 0.809 bits per heavy atom. The minimum Gasteiger partial charge on any atom is -0.481 e. The van der Waals surface area contributed by atoms with E-state index in [9.17, 15) is 19.8 Å². The van der Waals surface area contributed by atoms with E-state index < -0.39 is 22.8 Å². The van der Waals surface area contributed by atoms with Crippen LogP contribution in [0.4, 0.5) is 11.6 Å². The number of hydrogen-bond donors (Lipinski definition) is 4. The Morgan fingerprint density at radius 3 is 1.43 bits per heavy atom. The number of hydrogen-bond acceptors (Lipinski definition) is 8. The number of carbonyl (C=O) groups is 2. The number of imidazole rings is 2. The van der Waals surface area contributed by atoms with Crippen molar-refractivity contribution in [3.63, 3.8) is 0 Å². The van der Waals surface area contributed by atoms with Crippen molar-refractivity contribution in [2.75, 3.05) is 11.5 Å². The average molecular weight is 819 g/mol. The quantitative estimate of drug-likeness (QED) is 0.148. The summed E-state index contributed by atoms with van der Waals surface area (Å²) in [5.74, 6) is 0.855. The third-order valence-electron chi connectivity index (χ3n) is 10.1. The summed E-state index contributed by atoms with van der Waals surface area (Å²) < 4.78 is 4.71. The first kappa shape index (κ1) is 37.1. The van der Waals surface area contributed by atoms with Crippen LogP contribution in [-0.4, -0.2) is 50.9 Å². The first-order chi connectivity index (χ1) is 21.6. The Bertz CT molecular complexity index is 1720. The minimum atomic E-state index is -0.734. The molecular formula is C31H40Br2Cl2N8O4. The molecule has 16 heteroatoms. The van der Waals surface area contributed by atoms with Crippen molar-refractivity contribution in [1.29, 1.82) is 0 Å². The van der Waals surface area contributed by atoms with Crippen LogP contribution in [0.15, 0.2) is 21.6 Å². The highest BCUT2D eigenvalue weighted by Gasteiger charge is 2.50. The molecule has 0 saturated heterocycles. The van der Waals surface area contributed by atoms with Crippen molar-refractivity contribution >= 4 is 89.7 Å². The number of nitrogens with two attached hydrogens (primary N) is 2. The lowest BCUT2D eigenvalue weighted by atomic mass is 9.75. The van der Waals surface area contributed by atoms with E-state index in [-0.39, 0.29) is 31.1 Å². The molecule has 0 radical (unpaired) electrons. The molecule has 4 aromatic heterocycles. The van der Waals surface area contributed by atoms with Crippen molar-refractivity contribution in [1.82, 2.24) is 28.7 Å². The van der Waals surface area contributed by atoms with Crippen LogP contribution in [0.2, 0.25) is 10.3 Å². The summed E-state index contributed by atoms with van der Waals surface area (Å²) in [6.07, 6.45) is 6.86. The maximum absolute atomic E-state index is 11.8. The van der Waals surface area contributed by atoms with Gasteiger partial charge in [-0.25, -0.2) is 19.9 Å². The molecule has 2 aliphatic rings. The Labute approximate surface area is 299 Å². The zero-order valence-corrected chi connectivity index (χ0v) is 30.5. The van der Waals surface area contributed by atoms with Crippen LogP contribution in [0.25, 0.3) is 11.0 Å². The molecule has 4 heterocycles. The van der Waals surface area contributed by atoms with Gasteiger partial charge in [0.15, 0.2) is 11.6 Å². The highest BCUT2D eigenvalue weighted by molar-refractivity contribution is 9.10. The van der Waals surface area contributed by atoms with Gasteiger partial charge < -0.3 is 21.7 Å². The number of aromatic nitrogens is 6. The number of halogens is 4. The fourth-order valence-corrected chi connectivity index (χ4v) is 8.81. The lowest BCUT2D eigenvalue weighted by Crippen LogP contribution is -2.33.